The highest BCUT2D eigenvalue weighted by atomic mass is 35.5. The van der Waals surface area contributed by atoms with E-state index in [0.29, 0.717) is 12.0 Å². The maximum Gasteiger partial charge on any atom is 0.0438 e. The van der Waals surface area contributed by atoms with Gasteiger partial charge >= 0.3 is 0 Å². The Morgan fingerprint density at radius 2 is 2.00 bits per heavy atom. The van der Waals surface area contributed by atoms with Crippen LogP contribution in [0, 0.1) is 6.92 Å². The number of halogens is 1. The number of rotatable bonds is 2. The van der Waals surface area contributed by atoms with Gasteiger partial charge in [0, 0.05) is 11.1 Å². The zero-order valence-corrected chi connectivity index (χ0v) is 11.6. The third-order valence-electron chi connectivity index (χ3n) is 4.00. The van der Waals surface area contributed by atoms with Crippen LogP contribution in [0.4, 0.5) is 0 Å². The molecule has 2 atom stereocenters. The second-order valence-corrected chi connectivity index (χ2v) is 5.62. The van der Waals surface area contributed by atoms with Crippen LogP contribution in [0.15, 0.2) is 18.2 Å². The Labute approximate surface area is 110 Å². The molecule has 0 heterocycles. The molecule has 1 N–H and O–H groups in total. The summed E-state index contributed by atoms with van der Waals surface area (Å²) in [5, 5.41) is 4.35. The highest BCUT2D eigenvalue weighted by Crippen LogP contribution is 2.33. The zero-order chi connectivity index (χ0) is 12.3. The van der Waals surface area contributed by atoms with E-state index in [4.69, 9.17) is 11.6 Å². The van der Waals surface area contributed by atoms with Crippen molar-refractivity contribution in [1.29, 1.82) is 0 Å². The van der Waals surface area contributed by atoms with E-state index in [2.05, 4.69) is 37.5 Å². The van der Waals surface area contributed by atoms with Gasteiger partial charge in [0.1, 0.15) is 0 Å². The molecule has 2 unspecified atom stereocenters. The maximum absolute atomic E-state index is 6.23. The van der Waals surface area contributed by atoms with Crippen molar-refractivity contribution < 1.29 is 0 Å². The number of hydrogen-bond donors (Lipinski definition) is 1. The lowest BCUT2D eigenvalue weighted by atomic mass is 9.90. The topological polar surface area (TPSA) is 12.0 Å². The molecule has 0 aliphatic heterocycles. The third kappa shape index (κ3) is 3.23. The first-order valence-electron chi connectivity index (χ1n) is 6.64. The molecule has 0 radical (unpaired) electrons. The average Bonchev–Trinajstić information content (AvgIpc) is 2.58. The summed E-state index contributed by atoms with van der Waals surface area (Å²) in [5.74, 6) is 0.674. The monoisotopic (exact) mass is 251 g/mol. The van der Waals surface area contributed by atoms with E-state index < -0.39 is 0 Å². The van der Waals surface area contributed by atoms with Gasteiger partial charge in [-0.1, -0.05) is 36.6 Å². The first-order valence-corrected chi connectivity index (χ1v) is 7.02. The van der Waals surface area contributed by atoms with Gasteiger partial charge in [0.05, 0.1) is 0 Å². The van der Waals surface area contributed by atoms with Crippen LogP contribution in [0.25, 0.3) is 0 Å². The quantitative estimate of drug-likeness (QED) is 0.774. The average molecular weight is 252 g/mol. The fraction of sp³-hybridized carbons (Fsp3) is 0.600. The molecule has 94 valence electrons. The number of benzene rings is 1. The zero-order valence-electron chi connectivity index (χ0n) is 10.8. The Morgan fingerprint density at radius 1 is 1.24 bits per heavy atom. The Hall–Kier alpha value is -0.530. The molecule has 1 aromatic carbocycles. The summed E-state index contributed by atoms with van der Waals surface area (Å²) in [6.45, 7) is 2.07. The van der Waals surface area contributed by atoms with Crippen molar-refractivity contribution in [3.05, 3.63) is 34.3 Å². The molecule has 0 aromatic heterocycles. The van der Waals surface area contributed by atoms with Gasteiger partial charge in [-0.05, 0) is 56.3 Å². The molecule has 1 nitrogen and oxygen atoms in total. The Balaban J connectivity index is 2.16. The molecule has 0 spiro atoms. The second kappa shape index (κ2) is 5.88. The molecule has 17 heavy (non-hydrogen) atoms. The summed E-state index contributed by atoms with van der Waals surface area (Å²) >= 11 is 6.23. The Morgan fingerprint density at radius 3 is 2.71 bits per heavy atom. The summed E-state index contributed by atoms with van der Waals surface area (Å²) in [6.07, 6.45) is 6.55. The minimum absolute atomic E-state index is 0.669. The van der Waals surface area contributed by atoms with E-state index >= 15 is 0 Å². The van der Waals surface area contributed by atoms with Crippen LogP contribution >= 0.6 is 11.6 Å². The molecule has 2 heteroatoms. The predicted molar refractivity (Wildman–Crippen MR) is 74.9 cm³/mol. The highest BCUT2D eigenvalue weighted by Gasteiger charge is 2.20. The van der Waals surface area contributed by atoms with Crippen molar-refractivity contribution >= 4 is 11.6 Å². The summed E-state index contributed by atoms with van der Waals surface area (Å²) in [6, 6.07) is 7.24. The molecule has 0 amide bonds. The van der Waals surface area contributed by atoms with Crippen LogP contribution in [0.1, 0.15) is 49.1 Å². The molecule has 0 saturated heterocycles. The molecule has 1 aromatic rings. The van der Waals surface area contributed by atoms with E-state index in [9.17, 15) is 0 Å². The van der Waals surface area contributed by atoms with Crippen molar-refractivity contribution in [2.75, 3.05) is 7.05 Å². The van der Waals surface area contributed by atoms with Crippen molar-refractivity contribution in [2.24, 2.45) is 0 Å². The lowest BCUT2D eigenvalue weighted by Gasteiger charge is -2.20. The van der Waals surface area contributed by atoms with Gasteiger partial charge in [-0.3, -0.25) is 0 Å². The minimum Gasteiger partial charge on any atom is -0.317 e. The molecule has 1 saturated carbocycles. The minimum atomic E-state index is 0.669. The van der Waals surface area contributed by atoms with E-state index in [1.54, 1.807) is 0 Å². The van der Waals surface area contributed by atoms with E-state index in [-0.39, 0.29) is 0 Å². The SMILES string of the molecule is CNC1CCCCC(c2ccc(C)c(Cl)c2)C1. The van der Waals surface area contributed by atoms with Crippen LogP contribution < -0.4 is 5.32 Å². The van der Waals surface area contributed by atoms with E-state index in [1.165, 1.54) is 43.2 Å². The smallest absolute Gasteiger partial charge is 0.0438 e. The predicted octanol–water partition coefficient (Wildman–Crippen LogP) is 4.28. The molecule has 1 aliphatic carbocycles. The Kier molecular flexibility index (Phi) is 4.47. The van der Waals surface area contributed by atoms with Gasteiger partial charge in [-0.25, -0.2) is 0 Å². The second-order valence-electron chi connectivity index (χ2n) is 5.21. The van der Waals surface area contributed by atoms with Gasteiger partial charge in [0.15, 0.2) is 0 Å². The summed E-state index contributed by atoms with van der Waals surface area (Å²) in [4.78, 5) is 0. The fourth-order valence-electron chi connectivity index (χ4n) is 2.79. The van der Waals surface area contributed by atoms with E-state index in [0.717, 1.165) is 5.02 Å². The molecule has 2 rings (SSSR count). The van der Waals surface area contributed by atoms with Crippen LogP contribution in [-0.2, 0) is 0 Å². The third-order valence-corrected chi connectivity index (χ3v) is 4.41. The molecule has 1 aliphatic rings. The number of hydrogen-bond acceptors (Lipinski definition) is 1. The van der Waals surface area contributed by atoms with Crippen molar-refractivity contribution in [3.8, 4) is 0 Å². The summed E-state index contributed by atoms with van der Waals surface area (Å²) in [7, 11) is 2.08. The molecular weight excluding hydrogens is 230 g/mol. The van der Waals surface area contributed by atoms with Crippen molar-refractivity contribution in [2.45, 2.75) is 51.0 Å². The first-order chi connectivity index (χ1) is 8.20. The summed E-state index contributed by atoms with van der Waals surface area (Å²) < 4.78 is 0. The fourth-order valence-corrected chi connectivity index (χ4v) is 2.98. The van der Waals surface area contributed by atoms with Gasteiger partial charge in [0.25, 0.3) is 0 Å². The summed E-state index contributed by atoms with van der Waals surface area (Å²) in [5.41, 5.74) is 2.59. The standard InChI is InChI=1S/C15H22ClN/c1-11-7-8-13(10-15(11)16)12-5-3-4-6-14(9-12)17-2/h7-8,10,12,14,17H,3-6,9H2,1-2H3. The van der Waals surface area contributed by atoms with Gasteiger partial charge < -0.3 is 5.32 Å². The Bertz CT molecular complexity index is 375. The lowest BCUT2D eigenvalue weighted by molar-refractivity contribution is 0.471. The normalized spacial score (nSPS) is 25.6. The van der Waals surface area contributed by atoms with E-state index in [1.807, 2.05) is 0 Å². The van der Waals surface area contributed by atoms with Crippen LogP contribution in [0.5, 0.6) is 0 Å². The molecule has 1 fully saturated rings. The largest absolute Gasteiger partial charge is 0.317 e. The lowest BCUT2D eigenvalue weighted by Crippen LogP contribution is -2.25. The van der Waals surface area contributed by atoms with Crippen molar-refractivity contribution in [1.82, 2.24) is 5.32 Å². The first kappa shape index (κ1) is 12.9. The molecular formula is C15H22ClN. The molecule has 0 bridgehead atoms. The number of aryl methyl sites for hydroxylation is 1. The van der Waals surface area contributed by atoms with Gasteiger partial charge in [0.2, 0.25) is 0 Å². The van der Waals surface area contributed by atoms with Gasteiger partial charge in [-0.2, -0.15) is 0 Å². The van der Waals surface area contributed by atoms with Crippen molar-refractivity contribution in [3.63, 3.8) is 0 Å². The number of nitrogens with one attached hydrogen (secondary N) is 1. The highest BCUT2D eigenvalue weighted by molar-refractivity contribution is 6.31. The van der Waals surface area contributed by atoms with Crippen LogP contribution in [0.2, 0.25) is 5.02 Å². The maximum atomic E-state index is 6.23. The van der Waals surface area contributed by atoms with Crippen LogP contribution in [-0.4, -0.2) is 13.1 Å². The van der Waals surface area contributed by atoms with Gasteiger partial charge in [-0.15, -0.1) is 0 Å². The van der Waals surface area contributed by atoms with Crippen LogP contribution in [0.3, 0.4) is 0 Å².